The largest absolute Gasteiger partial charge is 0.480 e. The maximum atomic E-state index is 11.9. The summed E-state index contributed by atoms with van der Waals surface area (Å²) in [6, 6.07) is 17.9. The van der Waals surface area contributed by atoms with Crippen LogP contribution in [0.4, 0.5) is 0 Å². The third-order valence-electron chi connectivity index (χ3n) is 5.14. The zero-order valence-electron chi connectivity index (χ0n) is 14.3. The lowest BCUT2D eigenvalue weighted by atomic mass is 9.92. The van der Waals surface area contributed by atoms with Gasteiger partial charge in [-0.2, -0.15) is 0 Å². The minimum Gasteiger partial charge on any atom is -0.480 e. The Morgan fingerprint density at radius 2 is 1.92 bits per heavy atom. The first-order valence-electron chi connectivity index (χ1n) is 8.86. The quantitative estimate of drug-likeness (QED) is 0.637. The van der Waals surface area contributed by atoms with Crippen molar-refractivity contribution in [1.29, 1.82) is 0 Å². The number of likely N-dealkylation sites (tertiary alicyclic amines) is 1. The zero-order chi connectivity index (χ0) is 18.1. The molecule has 134 valence electrons. The number of carboxylic acids is 1. The maximum Gasteiger partial charge on any atom is 0.320 e. The molecular formula is C21H20ClNO2S. The molecule has 1 saturated heterocycles. The van der Waals surface area contributed by atoms with Gasteiger partial charge in [0.2, 0.25) is 0 Å². The first-order valence-corrected chi connectivity index (χ1v) is 10.1. The Hall–Kier alpha value is -1.88. The van der Waals surface area contributed by atoms with Crippen LogP contribution in [0.1, 0.15) is 35.7 Å². The summed E-state index contributed by atoms with van der Waals surface area (Å²) >= 11 is 7.77. The lowest BCUT2D eigenvalue weighted by molar-refractivity contribution is -0.145. The van der Waals surface area contributed by atoms with Gasteiger partial charge in [0.25, 0.3) is 0 Å². The van der Waals surface area contributed by atoms with Gasteiger partial charge < -0.3 is 5.11 Å². The predicted molar refractivity (Wildman–Crippen MR) is 107 cm³/mol. The Morgan fingerprint density at radius 1 is 1.12 bits per heavy atom. The Labute approximate surface area is 161 Å². The van der Waals surface area contributed by atoms with Crippen molar-refractivity contribution in [3.05, 3.63) is 69.4 Å². The van der Waals surface area contributed by atoms with E-state index in [1.165, 1.54) is 22.1 Å². The summed E-state index contributed by atoms with van der Waals surface area (Å²) < 4.78 is 0.731. The molecule has 5 heteroatoms. The van der Waals surface area contributed by atoms with Crippen molar-refractivity contribution in [2.24, 2.45) is 0 Å². The van der Waals surface area contributed by atoms with E-state index in [1.54, 1.807) is 0 Å². The average Bonchev–Trinajstić information content (AvgIpc) is 3.08. The number of nitrogens with zero attached hydrogens (tertiary/aromatic N) is 1. The van der Waals surface area contributed by atoms with Gasteiger partial charge in [0.15, 0.2) is 0 Å². The molecule has 1 N–H and O–H groups in total. The van der Waals surface area contributed by atoms with Crippen molar-refractivity contribution in [2.45, 2.75) is 31.3 Å². The molecule has 0 saturated carbocycles. The standard InChI is InChI=1S/C21H20ClNO2S/c22-19-12-11-18(26-19)20(23-13-4-3-10-17(23)21(24)25)16-9-5-7-14-6-1-2-8-15(14)16/h1-2,5-9,11-12,17,20H,3-4,10,13H2,(H,24,25). The van der Waals surface area contributed by atoms with Gasteiger partial charge in [-0.15, -0.1) is 11.3 Å². The summed E-state index contributed by atoms with van der Waals surface area (Å²) in [5, 5.41) is 12.1. The van der Waals surface area contributed by atoms with Crippen LogP contribution >= 0.6 is 22.9 Å². The molecule has 0 amide bonds. The molecular weight excluding hydrogens is 366 g/mol. The molecule has 0 aliphatic carbocycles. The van der Waals surface area contributed by atoms with Crippen molar-refractivity contribution >= 4 is 39.7 Å². The topological polar surface area (TPSA) is 40.5 Å². The molecule has 0 spiro atoms. The molecule has 3 aromatic rings. The number of rotatable bonds is 4. The smallest absolute Gasteiger partial charge is 0.320 e. The van der Waals surface area contributed by atoms with Gasteiger partial charge in [0.1, 0.15) is 6.04 Å². The molecule has 4 rings (SSSR count). The normalized spacial score (nSPS) is 19.5. The average molecular weight is 386 g/mol. The SMILES string of the molecule is O=C(O)C1CCCCN1C(c1ccc(Cl)s1)c1cccc2ccccc12. The number of hydrogen-bond donors (Lipinski definition) is 1. The highest BCUT2D eigenvalue weighted by molar-refractivity contribution is 7.16. The van der Waals surface area contributed by atoms with Crippen LogP contribution in [0.3, 0.4) is 0 Å². The van der Waals surface area contributed by atoms with E-state index in [4.69, 9.17) is 11.6 Å². The zero-order valence-corrected chi connectivity index (χ0v) is 15.8. The highest BCUT2D eigenvalue weighted by Gasteiger charge is 2.36. The summed E-state index contributed by atoms with van der Waals surface area (Å²) in [7, 11) is 0. The van der Waals surface area contributed by atoms with Crippen LogP contribution in [0.5, 0.6) is 0 Å². The number of fused-ring (bicyclic) bond motifs is 1. The van der Waals surface area contributed by atoms with Crippen LogP contribution in [0.25, 0.3) is 10.8 Å². The molecule has 1 aromatic heterocycles. The van der Waals surface area contributed by atoms with Crippen LogP contribution in [0, 0.1) is 0 Å². The van der Waals surface area contributed by atoms with Crippen LogP contribution in [-0.4, -0.2) is 28.6 Å². The number of benzene rings is 2. The number of carboxylic acid groups (broad SMARTS) is 1. The second kappa shape index (κ2) is 7.39. The highest BCUT2D eigenvalue weighted by atomic mass is 35.5. The lowest BCUT2D eigenvalue weighted by Crippen LogP contribution is -2.46. The van der Waals surface area contributed by atoms with Gasteiger partial charge in [-0.3, -0.25) is 9.69 Å². The van der Waals surface area contributed by atoms with Crippen LogP contribution in [0.2, 0.25) is 4.34 Å². The van der Waals surface area contributed by atoms with Crippen molar-refractivity contribution < 1.29 is 9.90 Å². The van der Waals surface area contributed by atoms with Crippen molar-refractivity contribution in [3.8, 4) is 0 Å². The van der Waals surface area contributed by atoms with Gasteiger partial charge in [-0.25, -0.2) is 0 Å². The van der Waals surface area contributed by atoms with Crippen molar-refractivity contribution in [3.63, 3.8) is 0 Å². The second-order valence-corrected chi connectivity index (χ2v) is 8.45. The van der Waals surface area contributed by atoms with Gasteiger partial charge in [-0.05, 0) is 47.9 Å². The third-order valence-corrected chi connectivity index (χ3v) is 6.43. The van der Waals surface area contributed by atoms with E-state index in [1.807, 2.05) is 24.3 Å². The fraction of sp³-hybridized carbons (Fsp3) is 0.286. The molecule has 2 unspecified atom stereocenters. The number of piperidine rings is 1. The number of carbonyl (C=O) groups is 1. The maximum absolute atomic E-state index is 11.9. The fourth-order valence-electron chi connectivity index (χ4n) is 3.99. The summed E-state index contributed by atoms with van der Waals surface area (Å²) in [5.41, 5.74) is 1.15. The van der Waals surface area contributed by atoms with Gasteiger partial charge in [0, 0.05) is 4.88 Å². The summed E-state index contributed by atoms with van der Waals surface area (Å²) in [5.74, 6) is -0.738. The number of thiophene rings is 1. The molecule has 2 heterocycles. The van der Waals surface area contributed by atoms with E-state index in [-0.39, 0.29) is 6.04 Å². The Kier molecular flexibility index (Phi) is 4.98. The van der Waals surface area contributed by atoms with E-state index in [2.05, 4.69) is 35.2 Å². The Balaban J connectivity index is 1.89. The molecule has 1 aliphatic rings. The van der Waals surface area contributed by atoms with Crippen LogP contribution in [-0.2, 0) is 4.79 Å². The van der Waals surface area contributed by atoms with Gasteiger partial charge >= 0.3 is 5.97 Å². The molecule has 1 aliphatic heterocycles. The first kappa shape index (κ1) is 17.5. The minimum absolute atomic E-state index is 0.0972. The monoisotopic (exact) mass is 385 g/mol. The van der Waals surface area contributed by atoms with E-state index < -0.39 is 12.0 Å². The van der Waals surface area contributed by atoms with Gasteiger partial charge in [-0.1, -0.05) is 60.5 Å². The molecule has 0 bridgehead atoms. The Morgan fingerprint density at radius 3 is 2.69 bits per heavy atom. The summed E-state index contributed by atoms with van der Waals surface area (Å²) in [6.45, 7) is 0.778. The molecule has 0 radical (unpaired) electrons. The molecule has 3 nitrogen and oxygen atoms in total. The van der Waals surface area contributed by atoms with Crippen LogP contribution in [0.15, 0.2) is 54.6 Å². The van der Waals surface area contributed by atoms with E-state index in [0.29, 0.717) is 6.42 Å². The number of halogens is 1. The van der Waals surface area contributed by atoms with E-state index in [9.17, 15) is 9.90 Å². The van der Waals surface area contributed by atoms with Gasteiger partial charge in [0.05, 0.1) is 10.4 Å². The molecule has 1 fully saturated rings. The van der Waals surface area contributed by atoms with E-state index in [0.717, 1.165) is 34.2 Å². The van der Waals surface area contributed by atoms with Crippen molar-refractivity contribution in [2.75, 3.05) is 6.54 Å². The second-order valence-electron chi connectivity index (χ2n) is 6.70. The third kappa shape index (κ3) is 3.25. The first-order chi connectivity index (χ1) is 12.6. The molecule has 2 atom stereocenters. The molecule has 2 aromatic carbocycles. The highest BCUT2D eigenvalue weighted by Crippen LogP contribution is 2.40. The predicted octanol–water partition coefficient (Wildman–Crippen LogP) is 5.58. The van der Waals surface area contributed by atoms with Crippen molar-refractivity contribution in [1.82, 2.24) is 4.90 Å². The Bertz CT molecular complexity index is 933. The summed E-state index contributed by atoms with van der Waals surface area (Å²) in [6.07, 6.45) is 2.67. The van der Waals surface area contributed by atoms with Crippen LogP contribution < -0.4 is 0 Å². The summed E-state index contributed by atoms with van der Waals surface area (Å²) in [4.78, 5) is 15.2. The van der Waals surface area contributed by atoms with E-state index >= 15 is 0 Å². The minimum atomic E-state index is -0.738. The number of aliphatic carboxylic acids is 1. The molecule has 26 heavy (non-hydrogen) atoms. The lowest BCUT2D eigenvalue weighted by Gasteiger charge is -2.39. The number of hydrogen-bond acceptors (Lipinski definition) is 3. The fourth-order valence-corrected chi connectivity index (χ4v) is 5.19.